The summed E-state index contributed by atoms with van der Waals surface area (Å²) >= 11 is 1.40. The van der Waals surface area contributed by atoms with Crippen molar-refractivity contribution in [2.24, 2.45) is 0 Å². The van der Waals surface area contributed by atoms with Gasteiger partial charge in [-0.15, -0.1) is 11.3 Å². The summed E-state index contributed by atoms with van der Waals surface area (Å²) in [5, 5.41) is 13.1. The predicted molar refractivity (Wildman–Crippen MR) is 131 cm³/mol. The smallest absolute Gasteiger partial charge is 0.336 e. The summed E-state index contributed by atoms with van der Waals surface area (Å²) in [5.41, 5.74) is 4.99. The van der Waals surface area contributed by atoms with Crippen LogP contribution >= 0.6 is 11.3 Å². The van der Waals surface area contributed by atoms with Gasteiger partial charge < -0.3 is 5.11 Å². The molecule has 0 aliphatic heterocycles. The van der Waals surface area contributed by atoms with E-state index in [0.717, 1.165) is 41.1 Å². The van der Waals surface area contributed by atoms with Gasteiger partial charge in [-0.25, -0.2) is 14.8 Å². The summed E-state index contributed by atoms with van der Waals surface area (Å²) in [6.07, 6.45) is 4.29. The van der Waals surface area contributed by atoms with Gasteiger partial charge >= 0.3 is 5.97 Å². The minimum Gasteiger partial charge on any atom is -0.478 e. The monoisotopic (exact) mass is 455 g/mol. The number of carboxylic acid groups (broad SMARTS) is 1. The largest absolute Gasteiger partial charge is 0.478 e. The van der Waals surface area contributed by atoms with Crippen LogP contribution in [0, 0.1) is 0 Å². The molecule has 33 heavy (non-hydrogen) atoms. The van der Waals surface area contributed by atoms with Crippen molar-refractivity contribution in [1.29, 1.82) is 0 Å². The molecule has 0 fully saturated rings. The first-order valence-electron chi connectivity index (χ1n) is 10.7. The van der Waals surface area contributed by atoms with Gasteiger partial charge in [-0.1, -0.05) is 36.4 Å². The Morgan fingerprint density at radius 3 is 2.55 bits per heavy atom. The summed E-state index contributed by atoms with van der Waals surface area (Å²) in [6.45, 7) is 1.52. The number of para-hydroxylation sites is 2. The zero-order chi connectivity index (χ0) is 22.9. The lowest BCUT2D eigenvalue weighted by Crippen LogP contribution is -2.22. The Balaban J connectivity index is 1.58. The Morgan fingerprint density at radius 2 is 1.79 bits per heavy atom. The molecule has 2 aromatic heterocycles. The molecule has 4 aromatic rings. The highest BCUT2D eigenvalue weighted by Gasteiger charge is 2.25. The lowest BCUT2D eigenvalue weighted by molar-refractivity contribution is -0.115. The first-order chi connectivity index (χ1) is 16.0. The van der Waals surface area contributed by atoms with Crippen molar-refractivity contribution < 1.29 is 14.7 Å². The van der Waals surface area contributed by atoms with Crippen molar-refractivity contribution in [3.63, 3.8) is 0 Å². The zero-order valence-electron chi connectivity index (χ0n) is 18.0. The third-order valence-corrected chi connectivity index (χ3v) is 6.58. The molecule has 1 aliphatic carbocycles. The summed E-state index contributed by atoms with van der Waals surface area (Å²) in [7, 11) is 0. The highest BCUT2D eigenvalue weighted by atomic mass is 32.1. The maximum atomic E-state index is 12.3. The average Bonchev–Trinajstić information content (AvgIpc) is 3.26. The van der Waals surface area contributed by atoms with E-state index in [9.17, 15) is 14.7 Å². The van der Waals surface area contributed by atoms with E-state index in [4.69, 9.17) is 9.97 Å². The van der Waals surface area contributed by atoms with Gasteiger partial charge in [0.1, 0.15) is 0 Å². The van der Waals surface area contributed by atoms with Gasteiger partial charge in [0, 0.05) is 17.7 Å². The number of anilines is 2. The van der Waals surface area contributed by atoms with Crippen LogP contribution in [0.2, 0.25) is 0 Å². The second kappa shape index (κ2) is 8.60. The van der Waals surface area contributed by atoms with Crippen molar-refractivity contribution in [2.75, 3.05) is 4.90 Å². The Kier molecular flexibility index (Phi) is 5.48. The molecule has 0 radical (unpaired) electrons. The molecule has 0 saturated heterocycles. The number of carboxylic acids is 1. The zero-order valence-corrected chi connectivity index (χ0v) is 18.8. The standard InChI is InChI=1S/C26H21N3O3S/c1-16(30)29(19-9-3-2-4-10-19)26-27-18(15-33-26)14-17-8-7-12-21-23(25(31)32)20-11-5-6-13-22(20)28-24(17)21/h2-6,9-11,13-15H,7-8,12H2,1H3,(H,31,32). The summed E-state index contributed by atoms with van der Waals surface area (Å²) in [5.74, 6) is -1.04. The number of rotatable bonds is 4. The molecule has 2 heterocycles. The minimum absolute atomic E-state index is 0.114. The third kappa shape index (κ3) is 3.91. The number of nitrogens with zero attached hydrogens (tertiary/aromatic N) is 3. The fraction of sp³-hybridized carbons (Fsp3) is 0.154. The first-order valence-corrected chi connectivity index (χ1v) is 11.6. The fourth-order valence-corrected chi connectivity index (χ4v) is 5.19. The average molecular weight is 456 g/mol. The Hall–Kier alpha value is -3.84. The van der Waals surface area contributed by atoms with Crippen LogP contribution < -0.4 is 4.90 Å². The molecule has 0 bridgehead atoms. The van der Waals surface area contributed by atoms with Crippen LogP contribution in [-0.4, -0.2) is 27.0 Å². The van der Waals surface area contributed by atoms with Crippen molar-refractivity contribution in [2.45, 2.75) is 26.2 Å². The number of thiazole rings is 1. The summed E-state index contributed by atoms with van der Waals surface area (Å²) in [6, 6.07) is 16.8. The molecule has 1 N–H and O–H groups in total. The maximum absolute atomic E-state index is 12.3. The molecular formula is C26H21N3O3S. The Morgan fingerprint density at radius 1 is 1.03 bits per heavy atom. The van der Waals surface area contributed by atoms with Crippen LogP contribution in [0.15, 0.2) is 60.0 Å². The number of aromatic carboxylic acids is 1. The molecular weight excluding hydrogens is 434 g/mol. The van der Waals surface area contributed by atoms with E-state index in [1.165, 1.54) is 18.3 Å². The van der Waals surface area contributed by atoms with Gasteiger partial charge in [-0.3, -0.25) is 9.69 Å². The first kappa shape index (κ1) is 21.0. The number of pyridine rings is 1. The molecule has 0 spiro atoms. The molecule has 5 rings (SSSR count). The normalized spacial score (nSPS) is 14.3. The number of fused-ring (bicyclic) bond motifs is 2. The highest BCUT2D eigenvalue weighted by molar-refractivity contribution is 7.14. The lowest BCUT2D eigenvalue weighted by Gasteiger charge is -2.21. The van der Waals surface area contributed by atoms with E-state index in [-0.39, 0.29) is 5.91 Å². The molecule has 0 unspecified atom stereocenters. The van der Waals surface area contributed by atoms with Crippen LogP contribution in [0.5, 0.6) is 0 Å². The second-order valence-electron chi connectivity index (χ2n) is 7.90. The highest BCUT2D eigenvalue weighted by Crippen LogP contribution is 2.37. The minimum atomic E-state index is -0.929. The summed E-state index contributed by atoms with van der Waals surface area (Å²) < 4.78 is 0. The van der Waals surface area contributed by atoms with Gasteiger partial charge in [-0.05, 0) is 54.7 Å². The topological polar surface area (TPSA) is 83.4 Å². The van der Waals surface area contributed by atoms with Gasteiger partial charge in [0.15, 0.2) is 5.13 Å². The van der Waals surface area contributed by atoms with E-state index in [1.807, 2.05) is 66.1 Å². The SMILES string of the molecule is CC(=O)N(c1ccccc1)c1nc(C=C2CCCc3c2nc2ccccc2c3C(=O)O)cs1. The van der Waals surface area contributed by atoms with Gasteiger partial charge in [0.2, 0.25) is 5.91 Å². The molecule has 0 saturated carbocycles. The van der Waals surface area contributed by atoms with E-state index < -0.39 is 5.97 Å². The maximum Gasteiger partial charge on any atom is 0.336 e. The molecule has 1 amide bonds. The van der Waals surface area contributed by atoms with Gasteiger partial charge in [-0.2, -0.15) is 0 Å². The van der Waals surface area contributed by atoms with Crippen LogP contribution in [0.1, 0.15) is 47.1 Å². The molecule has 2 aromatic carbocycles. The third-order valence-electron chi connectivity index (χ3n) is 5.74. The number of amides is 1. The number of benzene rings is 2. The van der Waals surface area contributed by atoms with Gasteiger partial charge in [0.05, 0.1) is 28.2 Å². The number of carbonyl (C=O) groups is 2. The second-order valence-corrected chi connectivity index (χ2v) is 8.74. The van der Waals surface area contributed by atoms with Crippen LogP contribution in [0.3, 0.4) is 0 Å². The molecule has 1 aliphatic rings. The fourth-order valence-electron chi connectivity index (χ4n) is 4.35. The predicted octanol–water partition coefficient (Wildman–Crippen LogP) is 5.95. The van der Waals surface area contributed by atoms with Crippen molar-refractivity contribution in [3.05, 3.63) is 82.5 Å². The van der Waals surface area contributed by atoms with Crippen LogP contribution in [0.25, 0.3) is 22.6 Å². The van der Waals surface area contributed by atoms with E-state index in [1.54, 1.807) is 4.90 Å². The summed E-state index contributed by atoms with van der Waals surface area (Å²) in [4.78, 5) is 35.6. The van der Waals surface area contributed by atoms with Crippen molar-refractivity contribution in [1.82, 2.24) is 9.97 Å². The molecule has 0 atom stereocenters. The van der Waals surface area contributed by atoms with E-state index in [2.05, 4.69) is 0 Å². The number of hydrogen-bond donors (Lipinski definition) is 1. The van der Waals surface area contributed by atoms with E-state index in [0.29, 0.717) is 28.0 Å². The molecule has 7 heteroatoms. The Bertz CT molecular complexity index is 1410. The van der Waals surface area contributed by atoms with Crippen molar-refractivity contribution >= 4 is 56.6 Å². The molecule has 6 nitrogen and oxygen atoms in total. The van der Waals surface area contributed by atoms with Crippen molar-refractivity contribution in [3.8, 4) is 0 Å². The van der Waals surface area contributed by atoms with Crippen LogP contribution in [0.4, 0.5) is 10.8 Å². The number of allylic oxidation sites excluding steroid dienone is 1. The van der Waals surface area contributed by atoms with E-state index >= 15 is 0 Å². The Labute approximate surface area is 194 Å². The number of aromatic nitrogens is 2. The quantitative estimate of drug-likeness (QED) is 0.411. The number of carbonyl (C=O) groups excluding carboxylic acids is 1. The van der Waals surface area contributed by atoms with Gasteiger partial charge in [0.25, 0.3) is 0 Å². The lowest BCUT2D eigenvalue weighted by atomic mass is 9.86. The van der Waals surface area contributed by atoms with Crippen LogP contribution in [-0.2, 0) is 11.2 Å². The molecule has 164 valence electrons. The number of hydrogen-bond acceptors (Lipinski definition) is 5.